The van der Waals surface area contributed by atoms with Gasteiger partial charge >= 0.3 is 0 Å². The molecule has 1 unspecified atom stereocenters. The molecule has 0 saturated carbocycles. The van der Waals surface area contributed by atoms with Crippen LogP contribution < -0.4 is 5.32 Å². The molecule has 3 rings (SSSR count). The normalized spacial score (nSPS) is 21.3. The van der Waals surface area contributed by atoms with Crippen LogP contribution in [0.15, 0.2) is 35.1 Å². The summed E-state index contributed by atoms with van der Waals surface area (Å²) in [6.07, 6.45) is 0.173. The summed E-state index contributed by atoms with van der Waals surface area (Å²) in [4.78, 5) is 4.08. The van der Waals surface area contributed by atoms with Gasteiger partial charge in [-0.25, -0.2) is 18.2 Å². The maximum atomic E-state index is 14.1. The van der Waals surface area contributed by atoms with E-state index in [2.05, 4.69) is 26.2 Å². The number of thiocarbonyl (C=S) groups is 1. The lowest BCUT2D eigenvalue weighted by atomic mass is 9.88. The first-order chi connectivity index (χ1) is 9.94. The average Bonchev–Trinajstić information content (AvgIpc) is 2.89. The van der Waals surface area contributed by atoms with Crippen LogP contribution in [-0.2, 0) is 12.1 Å². The molecule has 8 heteroatoms. The molecule has 0 radical (unpaired) electrons. The molecule has 0 fully saturated rings. The summed E-state index contributed by atoms with van der Waals surface area (Å²) in [7, 11) is 0. The second-order valence-corrected chi connectivity index (χ2v) is 6.05. The highest BCUT2D eigenvalue weighted by atomic mass is 79.9. The van der Waals surface area contributed by atoms with Crippen molar-refractivity contribution in [3.63, 3.8) is 0 Å². The number of fused-ring (bicyclic) bond motifs is 1. The van der Waals surface area contributed by atoms with Crippen molar-refractivity contribution in [1.82, 2.24) is 14.9 Å². The second-order valence-electron chi connectivity index (χ2n) is 4.73. The maximum absolute atomic E-state index is 14.1. The number of benzene rings is 1. The Labute approximate surface area is 132 Å². The predicted molar refractivity (Wildman–Crippen MR) is 78.8 cm³/mol. The van der Waals surface area contributed by atoms with Crippen LogP contribution in [-0.4, -0.2) is 21.0 Å². The Morgan fingerprint density at radius 3 is 2.90 bits per heavy atom. The van der Waals surface area contributed by atoms with Gasteiger partial charge in [-0.05, 0) is 18.2 Å². The third-order valence-corrected chi connectivity index (χ3v) is 4.23. The zero-order valence-electron chi connectivity index (χ0n) is 10.5. The Balaban J connectivity index is 2.19. The van der Waals surface area contributed by atoms with Crippen molar-refractivity contribution in [3.05, 3.63) is 52.3 Å². The van der Waals surface area contributed by atoms with Gasteiger partial charge in [-0.2, -0.15) is 0 Å². The molecule has 21 heavy (non-hydrogen) atoms. The number of halogens is 4. The number of aromatic nitrogens is 2. The third kappa shape index (κ3) is 2.26. The molecule has 0 aliphatic carbocycles. The van der Waals surface area contributed by atoms with Crippen LogP contribution in [0.1, 0.15) is 11.4 Å². The van der Waals surface area contributed by atoms with Crippen LogP contribution >= 0.6 is 28.1 Å². The monoisotopic (exact) mass is 375 g/mol. The van der Waals surface area contributed by atoms with E-state index in [0.717, 1.165) is 6.07 Å². The quantitative estimate of drug-likeness (QED) is 0.817. The standard InChI is InChI=1S/C13H9BrF3N3S/c14-7-1-2-9(15)8(5-7)13(12(16)17)6-20-4-3-18-10(20)11(21)19-13/h1-5,12H,6H2,(H,19,21). The van der Waals surface area contributed by atoms with Crippen LogP contribution in [0.3, 0.4) is 0 Å². The minimum Gasteiger partial charge on any atom is -0.357 e. The molecule has 2 heterocycles. The van der Waals surface area contributed by atoms with E-state index in [-0.39, 0.29) is 17.1 Å². The fraction of sp³-hybridized carbons (Fsp3) is 0.231. The molecule has 1 atom stereocenters. The summed E-state index contributed by atoms with van der Waals surface area (Å²) in [5.74, 6) is -0.311. The SMILES string of the molecule is Fc1ccc(Br)cc1C1(C(F)F)Cn2ccnc2C(=S)N1. The highest BCUT2D eigenvalue weighted by Crippen LogP contribution is 2.36. The number of nitrogens with zero attached hydrogens (tertiary/aromatic N) is 2. The Hall–Kier alpha value is -1.41. The maximum Gasteiger partial charge on any atom is 0.267 e. The minimum absolute atomic E-state index is 0.0749. The van der Waals surface area contributed by atoms with Crippen molar-refractivity contribution in [3.8, 4) is 0 Å². The molecule has 1 aromatic heterocycles. The van der Waals surface area contributed by atoms with Gasteiger partial charge < -0.3 is 9.88 Å². The van der Waals surface area contributed by atoms with Gasteiger partial charge in [0.15, 0.2) is 5.82 Å². The Morgan fingerprint density at radius 1 is 1.43 bits per heavy atom. The topological polar surface area (TPSA) is 29.9 Å². The van der Waals surface area contributed by atoms with E-state index >= 15 is 0 Å². The fourth-order valence-electron chi connectivity index (χ4n) is 2.45. The largest absolute Gasteiger partial charge is 0.357 e. The van der Waals surface area contributed by atoms with Crippen molar-refractivity contribution >= 4 is 33.1 Å². The van der Waals surface area contributed by atoms with Crippen molar-refractivity contribution in [2.75, 3.05) is 0 Å². The lowest BCUT2D eigenvalue weighted by Crippen LogP contribution is -2.57. The number of rotatable bonds is 2. The van der Waals surface area contributed by atoms with E-state index in [1.165, 1.54) is 22.9 Å². The summed E-state index contributed by atoms with van der Waals surface area (Å²) < 4.78 is 43.8. The molecule has 0 bridgehead atoms. The van der Waals surface area contributed by atoms with Crippen molar-refractivity contribution in [2.45, 2.75) is 18.5 Å². The van der Waals surface area contributed by atoms with Gasteiger partial charge in [0, 0.05) is 22.4 Å². The number of alkyl halides is 2. The van der Waals surface area contributed by atoms with Gasteiger partial charge in [0.2, 0.25) is 0 Å². The molecule has 0 amide bonds. The van der Waals surface area contributed by atoms with Gasteiger partial charge in [0.1, 0.15) is 16.3 Å². The highest BCUT2D eigenvalue weighted by Gasteiger charge is 2.48. The van der Waals surface area contributed by atoms with E-state index in [1.54, 1.807) is 6.20 Å². The van der Waals surface area contributed by atoms with Crippen molar-refractivity contribution in [1.29, 1.82) is 0 Å². The number of nitrogens with one attached hydrogen (secondary N) is 1. The molecular weight excluding hydrogens is 367 g/mol. The first-order valence-corrected chi connectivity index (χ1v) is 7.21. The molecule has 2 aromatic rings. The lowest BCUT2D eigenvalue weighted by molar-refractivity contribution is 0.0230. The third-order valence-electron chi connectivity index (χ3n) is 3.46. The molecule has 3 nitrogen and oxygen atoms in total. The van der Waals surface area contributed by atoms with E-state index in [1.807, 2.05) is 0 Å². The molecule has 0 spiro atoms. The van der Waals surface area contributed by atoms with Crippen molar-refractivity contribution in [2.24, 2.45) is 0 Å². The Bertz CT molecular complexity index is 718. The summed E-state index contributed by atoms with van der Waals surface area (Å²) in [6.45, 7) is -0.159. The zero-order chi connectivity index (χ0) is 15.2. The van der Waals surface area contributed by atoms with E-state index in [0.29, 0.717) is 10.3 Å². The Kier molecular flexibility index (Phi) is 3.53. The molecule has 1 aromatic carbocycles. The van der Waals surface area contributed by atoms with Crippen LogP contribution in [0, 0.1) is 5.82 Å². The number of imidazole rings is 1. The fourth-order valence-corrected chi connectivity index (χ4v) is 3.16. The van der Waals surface area contributed by atoms with Gasteiger partial charge in [0.05, 0.1) is 6.54 Å². The second kappa shape index (κ2) is 5.10. The van der Waals surface area contributed by atoms with E-state index in [4.69, 9.17) is 12.2 Å². The van der Waals surface area contributed by atoms with Gasteiger partial charge in [-0.15, -0.1) is 0 Å². The number of hydrogen-bond acceptors (Lipinski definition) is 2. The van der Waals surface area contributed by atoms with Crippen LogP contribution in [0.4, 0.5) is 13.2 Å². The average molecular weight is 376 g/mol. The first-order valence-electron chi connectivity index (χ1n) is 6.01. The smallest absolute Gasteiger partial charge is 0.267 e. The summed E-state index contributed by atoms with van der Waals surface area (Å²) >= 11 is 8.28. The summed E-state index contributed by atoms with van der Waals surface area (Å²) in [5.41, 5.74) is -2.05. The predicted octanol–water partition coefficient (Wildman–Crippen LogP) is 3.22. The molecule has 110 valence electrons. The highest BCUT2D eigenvalue weighted by molar-refractivity contribution is 9.10. The van der Waals surface area contributed by atoms with E-state index < -0.39 is 17.8 Å². The molecule has 1 aliphatic heterocycles. The lowest BCUT2D eigenvalue weighted by Gasteiger charge is -2.39. The van der Waals surface area contributed by atoms with Gasteiger partial charge in [-0.1, -0.05) is 28.1 Å². The molecule has 0 saturated heterocycles. The van der Waals surface area contributed by atoms with Crippen LogP contribution in [0.2, 0.25) is 0 Å². The summed E-state index contributed by atoms with van der Waals surface area (Å²) in [5, 5.41) is 2.59. The van der Waals surface area contributed by atoms with E-state index in [9.17, 15) is 13.2 Å². The molecular formula is C13H9BrF3N3S. The minimum atomic E-state index is -2.85. The van der Waals surface area contributed by atoms with Crippen LogP contribution in [0.25, 0.3) is 0 Å². The molecule has 1 aliphatic rings. The first kappa shape index (κ1) is 14.5. The van der Waals surface area contributed by atoms with Crippen molar-refractivity contribution < 1.29 is 13.2 Å². The Morgan fingerprint density at radius 2 is 2.19 bits per heavy atom. The molecule has 1 N–H and O–H groups in total. The van der Waals surface area contributed by atoms with Gasteiger partial charge in [0.25, 0.3) is 6.43 Å². The zero-order valence-corrected chi connectivity index (χ0v) is 12.9. The number of hydrogen-bond donors (Lipinski definition) is 1. The summed E-state index contributed by atoms with van der Waals surface area (Å²) in [6, 6.07) is 3.96. The van der Waals surface area contributed by atoms with Crippen LogP contribution in [0.5, 0.6) is 0 Å². The van der Waals surface area contributed by atoms with Gasteiger partial charge in [-0.3, -0.25) is 0 Å².